The van der Waals surface area contributed by atoms with E-state index in [2.05, 4.69) is 25.5 Å². The second-order valence-corrected chi connectivity index (χ2v) is 9.58. The maximum absolute atomic E-state index is 15.1. The van der Waals surface area contributed by atoms with Gasteiger partial charge in [0, 0.05) is 26.2 Å². The normalized spacial score (nSPS) is 15.2. The van der Waals surface area contributed by atoms with E-state index in [9.17, 15) is 9.59 Å². The van der Waals surface area contributed by atoms with E-state index in [1.54, 1.807) is 32.4 Å². The maximum Gasteiger partial charge on any atom is 0.246 e. The summed E-state index contributed by atoms with van der Waals surface area (Å²) < 4.78 is 20.7. The van der Waals surface area contributed by atoms with Gasteiger partial charge in [-0.2, -0.15) is 4.98 Å². The van der Waals surface area contributed by atoms with Gasteiger partial charge in [-0.15, -0.1) is 11.6 Å². The molecule has 1 saturated heterocycles. The van der Waals surface area contributed by atoms with Gasteiger partial charge in [-0.25, -0.2) is 9.37 Å². The van der Waals surface area contributed by atoms with E-state index in [0.717, 1.165) is 44.2 Å². The molecule has 0 bridgehead atoms. The molecule has 39 heavy (non-hydrogen) atoms. The Bertz CT molecular complexity index is 1400. The van der Waals surface area contributed by atoms with Gasteiger partial charge in [-0.1, -0.05) is 12.1 Å². The third-order valence-electron chi connectivity index (χ3n) is 6.84. The number of nitrogens with zero attached hydrogens (tertiary/aromatic N) is 5. The van der Waals surface area contributed by atoms with Gasteiger partial charge in [0.25, 0.3) is 0 Å². The summed E-state index contributed by atoms with van der Waals surface area (Å²) in [5, 5.41) is 5.97. The van der Waals surface area contributed by atoms with Crippen LogP contribution in [0.1, 0.15) is 19.3 Å². The average molecular weight is 554 g/mol. The zero-order valence-electron chi connectivity index (χ0n) is 21.7. The van der Waals surface area contributed by atoms with Crippen LogP contribution in [0.5, 0.6) is 5.75 Å². The van der Waals surface area contributed by atoms with Crippen molar-refractivity contribution in [1.29, 1.82) is 0 Å². The fourth-order valence-corrected chi connectivity index (χ4v) is 4.94. The average Bonchev–Trinajstić information content (AvgIpc) is 2.96. The number of rotatable bonds is 7. The van der Waals surface area contributed by atoms with E-state index >= 15 is 4.39 Å². The molecule has 5 rings (SSSR count). The highest BCUT2D eigenvalue weighted by Gasteiger charge is 2.30. The van der Waals surface area contributed by atoms with Crippen LogP contribution in [0.4, 0.5) is 44.6 Å². The summed E-state index contributed by atoms with van der Waals surface area (Å²) >= 11 is 5.78. The Hall–Kier alpha value is -4.12. The van der Waals surface area contributed by atoms with Crippen LogP contribution >= 0.6 is 11.6 Å². The third kappa shape index (κ3) is 5.40. The molecule has 1 aromatic heterocycles. The van der Waals surface area contributed by atoms with Crippen molar-refractivity contribution < 1.29 is 18.7 Å². The number of alkyl halides is 1. The molecule has 10 nitrogen and oxygen atoms in total. The molecule has 1 fully saturated rings. The first-order valence-electron chi connectivity index (χ1n) is 12.6. The summed E-state index contributed by atoms with van der Waals surface area (Å²) in [5.74, 6) is -0.858. The van der Waals surface area contributed by atoms with E-state index in [1.165, 1.54) is 9.80 Å². The number of anilines is 7. The first-order chi connectivity index (χ1) is 18.9. The number of halogens is 2. The summed E-state index contributed by atoms with van der Waals surface area (Å²) in [5.41, 5.74) is 3.15. The number of benzene rings is 2. The van der Waals surface area contributed by atoms with E-state index in [0.29, 0.717) is 28.5 Å². The van der Waals surface area contributed by atoms with Crippen LogP contribution < -0.4 is 30.1 Å². The second-order valence-electron chi connectivity index (χ2n) is 9.32. The monoisotopic (exact) mass is 553 g/mol. The van der Waals surface area contributed by atoms with Crippen LogP contribution in [0.25, 0.3) is 0 Å². The van der Waals surface area contributed by atoms with Gasteiger partial charge in [-0.3, -0.25) is 9.59 Å². The standard InChI is InChI=1S/C27H29ClFN7O3/c1-34-20-8-4-5-9-21(20)36(16-25(34)38)26-17(29)15-30-27(33-26)32-19-12-18(31-24(37)14-28)22(13-23(19)39-2)35-10-6-3-7-11-35/h4-5,8-9,12-13,15H,3,6-7,10-11,14,16H2,1-2H3,(H,31,37)(H,30,32,33). The highest BCUT2D eigenvalue weighted by Crippen LogP contribution is 2.40. The smallest absolute Gasteiger partial charge is 0.246 e. The van der Waals surface area contributed by atoms with Crippen molar-refractivity contribution in [3.63, 3.8) is 0 Å². The predicted molar refractivity (Wildman–Crippen MR) is 151 cm³/mol. The van der Waals surface area contributed by atoms with E-state index in [1.807, 2.05) is 18.2 Å². The number of likely N-dealkylation sites (N-methyl/N-ethyl adjacent to an activating group) is 1. The molecule has 12 heteroatoms. The molecule has 3 aromatic rings. The van der Waals surface area contributed by atoms with Crippen molar-refractivity contribution >= 4 is 63.6 Å². The summed E-state index contributed by atoms with van der Waals surface area (Å²) in [7, 11) is 3.23. The number of para-hydroxylation sites is 2. The molecule has 2 aliphatic heterocycles. The zero-order valence-corrected chi connectivity index (χ0v) is 22.5. The van der Waals surface area contributed by atoms with E-state index in [4.69, 9.17) is 16.3 Å². The molecule has 3 heterocycles. The van der Waals surface area contributed by atoms with Gasteiger partial charge < -0.3 is 30.1 Å². The van der Waals surface area contributed by atoms with Crippen molar-refractivity contribution in [2.45, 2.75) is 19.3 Å². The van der Waals surface area contributed by atoms with Gasteiger partial charge >= 0.3 is 0 Å². The maximum atomic E-state index is 15.1. The molecule has 2 aliphatic rings. The fourth-order valence-electron chi connectivity index (χ4n) is 4.87. The van der Waals surface area contributed by atoms with Crippen LogP contribution in [0.3, 0.4) is 0 Å². The zero-order chi connectivity index (χ0) is 27.5. The molecule has 2 N–H and O–H groups in total. The Morgan fingerprint density at radius 2 is 1.85 bits per heavy atom. The quantitative estimate of drug-likeness (QED) is 0.408. The van der Waals surface area contributed by atoms with E-state index < -0.39 is 5.82 Å². The van der Waals surface area contributed by atoms with Crippen molar-refractivity contribution in [3.05, 3.63) is 48.4 Å². The van der Waals surface area contributed by atoms with Gasteiger partial charge in [0.05, 0.1) is 41.7 Å². The lowest BCUT2D eigenvalue weighted by molar-refractivity contribution is -0.117. The van der Waals surface area contributed by atoms with Crippen molar-refractivity contribution in [2.75, 3.05) is 65.0 Å². The SMILES string of the molecule is COc1cc(N2CCCCC2)c(NC(=O)CCl)cc1Nc1ncc(F)c(N2CC(=O)N(C)c3ccccc32)n1. The van der Waals surface area contributed by atoms with Crippen LogP contribution in [-0.2, 0) is 9.59 Å². The lowest BCUT2D eigenvalue weighted by Gasteiger charge is -2.34. The van der Waals surface area contributed by atoms with Gasteiger partial charge in [0.1, 0.15) is 18.2 Å². The Morgan fingerprint density at radius 3 is 2.56 bits per heavy atom. The van der Waals surface area contributed by atoms with Crippen LogP contribution in [-0.4, -0.2) is 61.5 Å². The number of amides is 2. The van der Waals surface area contributed by atoms with Crippen molar-refractivity contribution in [1.82, 2.24) is 9.97 Å². The molecule has 204 valence electrons. The van der Waals surface area contributed by atoms with Gasteiger partial charge in [-0.05, 0) is 37.5 Å². The first-order valence-corrected chi connectivity index (χ1v) is 13.2. The number of nitrogens with one attached hydrogen (secondary N) is 2. The summed E-state index contributed by atoms with van der Waals surface area (Å²) in [4.78, 5) is 38.7. The molecular weight excluding hydrogens is 525 g/mol. The number of aromatic nitrogens is 2. The number of ether oxygens (including phenoxy) is 1. The fraction of sp³-hybridized carbons (Fsp3) is 0.333. The van der Waals surface area contributed by atoms with Gasteiger partial charge in [0.2, 0.25) is 17.8 Å². The molecular formula is C27H29ClFN7O3. The molecule has 0 saturated carbocycles. The van der Waals surface area contributed by atoms with E-state index in [-0.39, 0.29) is 36.0 Å². The molecule has 0 atom stereocenters. The number of methoxy groups -OCH3 is 1. The minimum Gasteiger partial charge on any atom is -0.494 e. The Morgan fingerprint density at radius 1 is 1.10 bits per heavy atom. The summed E-state index contributed by atoms with van der Waals surface area (Å²) in [6, 6.07) is 10.8. The highest BCUT2D eigenvalue weighted by atomic mass is 35.5. The minimum absolute atomic E-state index is 0.0408. The van der Waals surface area contributed by atoms with Crippen LogP contribution in [0.2, 0.25) is 0 Å². The molecule has 2 amide bonds. The van der Waals surface area contributed by atoms with Crippen molar-refractivity contribution in [2.24, 2.45) is 0 Å². The molecule has 0 spiro atoms. The molecule has 0 radical (unpaired) electrons. The minimum atomic E-state index is -0.671. The number of fused-ring (bicyclic) bond motifs is 1. The lowest BCUT2D eigenvalue weighted by Crippen LogP contribution is -2.42. The number of carbonyl (C=O) groups is 2. The topological polar surface area (TPSA) is 103 Å². The van der Waals surface area contributed by atoms with Crippen LogP contribution in [0.15, 0.2) is 42.6 Å². The molecule has 0 unspecified atom stereocenters. The number of piperidine rings is 1. The predicted octanol–water partition coefficient (Wildman–Crippen LogP) is 4.65. The van der Waals surface area contributed by atoms with Crippen molar-refractivity contribution in [3.8, 4) is 5.75 Å². The Kier molecular flexibility index (Phi) is 7.69. The second kappa shape index (κ2) is 11.3. The number of carbonyl (C=O) groups excluding carboxylic acids is 2. The Labute approximate surface area is 230 Å². The summed E-state index contributed by atoms with van der Waals surface area (Å²) in [6.07, 6.45) is 4.32. The van der Waals surface area contributed by atoms with Gasteiger partial charge in [0.15, 0.2) is 11.6 Å². The first kappa shape index (κ1) is 26.5. The number of hydrogen-bond acceptors (Lipinski definition) is 8. The lowest BCUT2D eigenvalue weighted by atomic mass is 10.1. The largest absolute Gasteiger partial charge is 0.494 e. The third-order valence-corrected chi connectivity index (χ3v) is 7.08. The molecule has 0 aliphatic carbocycles. The van der Waals surface area contributed by atoms with Crippen LogP contribution in [0, 0.1) is 5.82 Å². The highest BCUT2D eigenvalue weighted by molar-refractivity contribution is 6.29. The molecule has 2 aromatic carbocycles. The number of hydrogen-bond donors (Lipinski definition) is 2. The summed E-state index contributed by atoms with van der Waals surface area (Å²) in [6.45, 7) is 1.63. The Balaban J connectivity index is 1.52.